The molecular formula is C21H22N2O5. The van der Waals surface area contributed by atoms with Gasteiger partial charge >= 0.3 is 6.09 Å². The van der Waals surface area contributed by atoms with Gasteiger partial charge in [-0.15, -0.1) is 0 Å². The average molecular weight is 382 g/mol. The fraction of sp³-hybridized carbons (Fsp3) is 0.286. The first-order valence-corrected chi connectivity index (χ1v) is 8.82. The van der Waals surface area contributed by atoms with Crippen LogP contribution in [-0.2, 0) is 11.3 Å². The number of methoxy groups -OCH3 is 1. The number of carbonyl (C=O) groups excluding carboxylic acids is 3. The van der Waals surface area contributed by atoms with E-state index in [0.29, 0.717) is 11.3 Å². The van der Waals surface area contributed by atoms with Gasteiger partial charge in [-0.1, -0.05) is 24.3 Å². The van der Waals surface area contributed by atoms with E-state index >= 15 is 0 Å². The molecule has 0 saturated carbocycles. The van der Waals surface area contributed by atoms with Crippen LogP contribution in [0.15, 0.2) is 48.5 Å². The molecule has 3 rings (SSSR count). The summed E-state index contributed by atoms with van der Waals surface area (Å²) in [6.45, 7) is 5.15. The molecule has 2 aromatic carbocycles. The van der Waals surface area contributed by atoms with Gasteiger partial charge in [-0.25, -0.2) is 9.80 Å². The van der Waals surface area contributed by atoms with E-state index in [0.717, 1.165) is 10.0 Å². The highest BCUT2D eigenvalue weighted by Gasteiger charge is 2.42. The number of hydrazine groups is 1. The molecule has 0 unspecified atom stereocenters. The lowest BCUT2D eigenvalue weighted by molar-refractivity contribution is -0.0319. The van der Waals surface area contributed by atoms with Crippen molar-refractivity contribution in [3.05, 3.63) is 65.2 Å². The Hall–Kier alpha value is -3.35. The normalized spacial score (nSPS) is 13.4. The van der Waals surface area contributed by atoms with Crippen molar-refractivity contribution in [2.45, 2.75) is 32.9 Å². The molecule has 0 aliphatic carbocycles. The second-order valence-corrected chi connectivity index (χ2v) is 7.35. The summed E-state index contributed by atoms with van der Waals surface area (Å²) in [5, 5.41) is 1.89. The summed E-state index contributed by atoms with van der Waals surface area (Å²) < 4.78 is 10.6. The fourth-order valence-electron chi connectivity index (χ4n) is 2.83. The number of benzene rings is 2. The quantitative estimate of drug-likeness (QED) is 0.755. The van der Waals surface area contributed by atoms with Gasteiger partial charge in [0.1, 0.15) is 11.4 Å². The third-order valence-electron chi connectivity index (χ3n) is 4.11. The van der Waals surface area contributed by atoms with Crippen LogP contribution in [0.1, 0.15) is 47.1 Å². The van der Waals surface area contributed by atoms with Crippen LogP contribution in [0, 0.1) is 0 Å². The first-order chi connectivity index (χ1) is 13.2. The van der Waals surface area contributed by atoms with E-state index in [1.807, 2.05) is 0 Å². The molecule has 7 heteroatoms. The van der Waals surface area contributed by atoms with Gasteiger partial charge < -0.3 is 9.47 Å². The minimum atomic E-state index is -0.784. The Balaban J connectivity index is 1.95. The van der Waals surface area contributed by atoms with Crippen molar-refractivity contribution < 1.29 is 23.9 Å². The Kier molecular flexibility index (Phi) is 5.09. The number of ether oxygens (including phenoxy) is 2. The summed E-state index contributed by atoms with van der Waals surface area (Å²) in [5.41, 5.74) is 0.447. The highest BCUT2D eigenvalue weighted by molar-refractivity contribution is 6.21. The van der Waals surface area contributed by atoms with Crippen LogP contribution in [0.3, 0.4) is 0 Å². The molecule has 0 atom stereocenters. The number of nitrogens with zero attached hydrogens (tertiary/aromatic N) is 2. The summed E-state index contributed by atoms with van der Waals surface area (Å²) >= 11 is 0. The first kappa shape index (κ1) is 19.4. The molecule has 0 aromatic heterocycles. The Morgan fingerprint density at radius 3 is 1.96 bits per heavy atom. The fourth-order valence-corrected chi connectivity index (χ4v) is 2.83. The molecule has 0 spiro atoms. The van der Waals surface area contributed by atoms with Crippen molar-refractivity contribution in [2.75, 3.05) is 7.11 Å². The van der Waals surface area contributed by atoms with E-state index in [1.165, 1.54) is 0 Å². The summed E-state index contributed by atoms with van der Waals surface area (Å²) in [5.74, 6) is -0.451. The predicted molar refractivity (Wildman–Crippen MR) is 102 cm³/mol. The van der Waals surface area contributed by atoms with Crippen LogP contribution in [0.4, 0.5) is 4.79 Å². The SMILES string of the molecule is COc1ccc(CN(C(=O)OC(C)(C)C)N2C(=O)c3ccccc3C2=O)cc1. The Bertz CT molecular complexity index is 880. The van der Waals surface area contributed by atoms with Crippen molar-refractivity contribution in [1.82, 2.24) is 10.0 Å². The van der Waals surface area contributed by atoms with Crippen molar-refractivity contribution in [3.63, 3.8) is 0 Å². The zero-order chi connectivity index (χ0) is 20.5. The third-order valence-corrected chi connectivity index (χ3v) is 4.11. The van der Waals surface area contributed by atoms with Gasteiger partial charge in [0, 0.05) is 0 Å². The van der Waals surface area contributed by atoms with Crippen molar-refractivity contribution >= 4 is 17.9 Å². The van der Waals surface area contributed by atoms with Crippen molar-refractivity contribution in [1.29, 1.82) is 0 Å². The minimum absolute atomic E-state index is 0.00955. The molecule has 7 nitrogen and oxygen atoms in total. The van der Waals surface area contributed by atoms with E-state index in [-0.39, 0.29) is 17.7 Å². The summed E-state index contributed by atoms with van der Waals surface area (Å²) in [7, 11) is 1.56. The maximum Gasteiger partial charge on any atom is 0.430 e. The van der Waals surface area contributed by atoms with Gasteiger partial charge in [-0.3, -0.25) is 9.59 Å². The van der Waals surface area contributed by atoms with E-state index in [1.54, 1.807) is 76.4 Å². The molecule has 28 heavy (non-hydrogen) atoms. The second-order valence-electron chi connectivity index (χ2n) is 7.35. The largest absolute Gasteiger partial charge is 0.497 e. The van der Waals surface area contributed by atoms with Crippen LogP contribution < -0.4 is 4.74 Å². The smallest absolute Gasteiger partial charge is 0.430 e. The van der Waals surface area contributed by atoms with Crippen LogP contribution in [0.5, 0.6) is 5.75 Å². The highest BCUT2D eigenvalue weighted by atomic mass is 16.6. The van der Waals surface area contributed by atoms with Gasteiger partial charge in [0.25, 0.3) is 11.8 Å². The molecule has 0 fully saturated rings. The number of hydrogen-bond acceptors (Lipinski definition) is 5. The number of amides is 3. The summed E-state index contributed by atoms with van der Waals surface area (Å²) in [4.78, 5) is 38.5. The standard InChI is InChI=1S/C21H22N2O5/c1-21(2,3)28-20(26)22(13-14-9-11-15(27-4)12-10-14)23-18(24)16-7-5-6-8-17(16)19(23)25/h5-12H,13H2,1-4H3. The molecule has 0 bridgehead atoms. The number of carbonyl (C=O) groups is 3. The molecule has 1 aliphatic rings. The van der Waals surface area contributed by atoms with E-state index in [4.69, 9.17) is 9.47 Å². The lowest BCUT2D eigenvalue weighted by atomic mass is 10.1. The van der Waals surface area contributed by atoms with E-state index in [2.05, 4.69) is 0 Å². The molecule has 1 aliphatic heterocycles. The number of hydrogen-bond donors (Lipinski definition) is 0. The average Bonchev–Trinajstić information content (AvgIpc) is 2.90. The molecule has 0 radical (unpaired) electrons. The Labute approximate surface area is 163 Å². The summed E-state index contributed by atoms with van der Waals surface area (Å²) in [6, 6.07) is 13.5. The Morgan fingerprint density at radius 2 is 1.50 bits per heavy atom. The lowest BCUT2D eigenvalue weighted by Gasteiger charge is -2.32. The molecular weight excluding hydrogens is 360 g/mol. The molecule has 3 amide bonds. The van der Waals surface area contributed by atoms with Gasteiger partial charge in [0.2, 0.25) is 0 Å². The van der Waals surface area contributed by atoms with Gasteiger partial charge in [0.15, 0.2) is 0 Å². The van der Waals surface area contributed by atoms with Gasteiger partial charge in [0.05, 0.1) is 24.8 Å². The number of imide groups is 1. The molecule has 0 N–H and O–H groups in total. The lowest BCUT2D eigenvalue weighted by Crippen LogP contribution is -2.50. The van der Waals surface area contributed by atoms with Crippen LogP contribution in [0.2, 0.25) is 0 Å². The van der Waals surface area contributed by atoms with E-state index < -0.39 is 23.5 Å². The van der Waals surface area contributed by atoms with Crippen molar-refractivity contribution in [2.24, 2.45) is 0 Å². The molecule has 1 heterocycles. The zero-order valence-corrected chi connectivity index (χ0v) is 16.3. The number of fused-ring (bicyclic) bond motifs is 1. The minimum Gasteiger partial charge on any atom is -0.497 e. The van der Waals surface area contributed by atoms with E-state index in [9.17, 15) is 14.4 Å². The number of rotatable bonds is 4. The third kappa shape index (κ3) is 3.83. The second kappa shape index (κ2) is 7.34. The highest BCUT2D eigenvalue weighted by Crippen LogP contribution is 2.27. The van der Waals surface area contributed by atoms with Crippen molar-refractivity contribution in [3.8, 4) is 5.75 Å². The first-order valence-electron chi connectivity index (χ1n) is 8.82. The van der Waals surface area contributed by atoms with Crippen LogP contribution in [-0.4, -0.2) is 40.6 Å². The monoisotopic (exact) mass is 382 g/mol. The maximum absolute atomic E-state index is 12.8. The molecule has 0 saturated heterocycles. The maximum atomic E-state index is 12.8. The predicted octanol–water partition coefficient (Wildman–Crippen LogP) is 3.64. The van der Waals surface area contributed by atoms with Gasteiger partial charge in [-0.2, -0.15) is 5.01 Å². The molecule has 2 aromatic rings. The Morgan fingerprint density at radius 1 is 0.964 bits per heavy atom. The van der Waals surface area contributed by atoms with Gasteiger partial charge in [-0.05, 0) is 50.6 Å². The van der Waals surface area contributed by atoms with Crippen LogP contribution in [0.25, 0.3) is 0 Å². The zero-order valence-electron chi connectivity index (χ0n) is 16.3. The van der Waals surface area contributed by atoms with Crippen LogP contribution >= 0.6 is 0 Å². The molecule has 146 valence electrons. The topological polar surface area (TPSA) is 76.2 Å². The summed E-state index contributed by atoms with van der Waals surface area (Å²) in [6.07, 6.45) is -0.780.